The minimum absolute atomic E-state index is 0.125. The second-order valence-electron chi connectivity index (χ2n) is 5.11. The molecule has 0 heterocycles. The fraction of sp³-hybridized carbons (Fsp3) is 0.923. The molecule has 0 rings (SSSR count). The van der Waals surface area contributed by atoms with Crippen LogP contribution in [0.2, 0.25) is 0 Å². The van der Waals surface area contributed by atoms with Gasteiger partial charge in [-0.15, -0.1) is 0 Å². The van der Waals surface area contributed by atoms with E-state index in [0.717, 1.165) is 31.3 Å². The zero-order valence-corrected chi connectivity index (χ0v) is 14.0. The smallest absolute Gasteiger partial charge is 0.211 e. The fourth-order valence-electron chi connectivity index (χ4n) is 1.56. The van der Waals surface area contributed by atoms with E-state index in [1.54, 1.807) is 14.0 Å². The molecule has 0 saturated carbocycles. The zero-order valence-electron chi connectivity index (χ0n) is 13.2. The van der Waals surface area contributed by atoms with Crippen LogP contribution in [0.25, 0.3) is 0 Å². The van der Waals surface area contributed by atoms with Gasteiger partial charge in [0.25, 0.3) is 0 Å². The average molecular weight is 306 g/mol. The predicted molar refractivity (Wildman–Crippen MR) is 85.5 cm³/mol. The predicted octanol–water partition coefficient (Wildman–Crippen LogP) is 0.917. The first-order chi connectivity index (χ1) is 9.41. The third-order valence-corrected chi connectivity index (χ3v) is 4.23. The lowest BCUT2D eigenvalue weighted by Gasteiger charge is -2.12. The molecule has 0 bridgehead atoms. The summed E-state index contributed by atoms with van der Waals surface area (Å²) in [6.07, 6.45) is 3.05. The average Bonchev–Trinajstić information content (AvgIpc) is 2.40. The number of guanidine groups is 1. The van der Waals surface area contributed by atoms with E-state index in [9.17, 15) is 8.42 Å². The molecule has 0 aliphatic carbocycles. The highest BCUT2D eigenvalue weighted by molar-refractivity contribution is 7.89. The number of sulfonamides is 1. The molecule has 0 aliphatic heterocycles. The summed E-state index contributed by atoms with van der Waals surface area (Å²) in [5.74, 6) is 1.62. The third kappa shape index (κ3) is 11.0. The maximum Gasteiger partial charge on any atom is 0.211 e. The molecule has 0 aromatic rings. The van der Waals surface area contributed by atoms with Crippen molar-refractivity contribution < 1.29 is 8.42 Å². The van der Waals surface area contributed by atoms with Gasteiger partial charge in [-0.2, -0.15) is 0 Å². The van der Waals surface area contributed by atoms with Crippen molar-refractivity contribution in [2.75, 3.05) is 32.4 Å². The van der Waals surface area contributed by atoms with Gasteiger partial charge in [0.15, 0.2) is 5.96 Å². The zero-order chi connectivity index (χ0) is 15.4. The number of nitrogens with zero attached hydrogens (tertiary/aromatic N) is 1. The van der Waals surface area contributed by atoms with Crippen molar-refractivity contribution in [1.29, 1.82) is 0 Å². The summed E-state index contributed by atoms with van der Waals surface area (Å²) in [6.45, 7) is 8.10. The minimum atomic E-state index is -3.08. The van der Waals surface area contributed by atoms with E-state index < -0.39 is 10.0 Å². The lowest BCUT2D eigenvalue weighted by Crippen LogP contribution is -2.39. The number of rotatable bonds is 10. The quantitative estimate of drug-likeness (QED) is 0.318. The largest absolute Gasteiger partial charge is 0.356 e. The maximum atomic E-state index is 11.2. The summed E-state index contributed by atoms with van der Waals surface area (Å²) in [6, 6.07) is 0. The Morgan fingerprint density at radius 3 is 2.20 bits per heavy atom. The van der Waals surface area contributed by atoms with Crippen molar-refractivity contribution in [2.24, 2.45) is 10.9 Å². The molecule has 0 aromatic carbocycles. The van der Waals surface area contributed by atoms with Crippen molar-refractivity contribution in [3.8, 4) is 0 Å². The molecule has 0 fully saturated rings. The van der Waals surface area contributed by atoms with Gasteiger partial charge in [0.2, 0.25) is 10.0 Å². The van der Waals surface area contributed by atoms with Crippen LogP contribution in [0.5, 0.6) is 0 Å². The van der Waals surface area contributed by atoms with Crippen LogP contribution in [-0.2, 0) is 10.0 Å². The summed E-state index contributed by atoms with van der Waals surface area (Å²) in [5.41, 5.74) is 0. The van der Waals surface area contributed by atoms with Gasteiger partial charge in [-0.3, -0.25) is 4.99 Å². The van der Waals surface area contributed by atoms with Crippen LogP contribution in [0.15, 0.2) is 4.99 Å². The number of nitrogens with one attached hydrogen (secondary N) is 3. The first-order valence-corrected chi connectivity index (χ1v) is 8.98. The van der Waals surface area contributed by atoms with Crippen molar-refractivity contribution in [3.05, 3.63) is 0 Å². The van der Waals surface area contributed by atoms with E-state index in [1.165, 1.54) is 6.42 Å². The molecular weight excluding hydrogens is 276 g/mol. The van der Waals surface area contributed by atoms with E-state index in [0.29, 0.717) is 13.1 Å². The molecule has 20 heavy (non-hydrogen) atoms. The Morgan fingerprint density at radius 1 is 1.10 bits per heavy atom. The first-order valence-electron chi connectivity index (χ1n) is 7.33. The highest BCUT2D eigenvalue weighted by atomic mass is 32.2. The molecular formula is C13H30N4O2S. The van der Waals surface area contributed by atoms with Gasteiger partial charge in [-0.25, -0.2) is 13.1 Å². The van der Waals surface area contributed by atoms with Crippen LogP contribution in [0, 0.1) is 5.92 Å². The van der Waals surface area contributed by atoms with Gasteiger partial charge in [0.1, 0.15) is 0 Å². The highest BCUT2D eigenvalue weighted by Gasteiger charge is 2.04. The van der Waals surface area contributed by atoms with Gasteiger partial charge in [0.05, 0.1) is 5.75 Å². The van der Waals surface area contributed by atoms with Crippen LogP contribution >= 0.6 is 0 Å². The molecule has 0 atom stereocenters. The van der Waals surface area contributed by atoms with Crippen LogP contribution in [0.4, 0.5) is 0 Å². The molecule has 0 amide bonds. The van der Waals surface area contributed by atoms with Crippen molar-refractivity contribution in [3.63, 3.8) is 0 Å². The van der Waals surface area contributed by atoms with Crippen LogP contribution in [0.3, 0.4) is 0 Å². The monoisotopic (exact) mass is 306 g/mol. The summed E-state index contributed by atoms with van der Waals surface area (Å²) in [5, 5.41) is 6.41. The second-order valence-corrected chi connectivity index (χ2v) is 7.21. The fourth-order valence-corrected chi connectivity index (χ4v) is 2.22. The molecule has 0 radical (unpaired) electrons. The van der Waals surface area contributed by atoms with Crippen molar-refractivity contribution in [1.82, 2.24) is 15.4 Å². The molecule has 0 spiro atoms. The molecule has 7 heteroatoms. The van der Waals surface area contributed by atoms with Crippen LogP contribution in [0.1, 0.15) is 40.0 Å². The molecule has 3 N–H and O–H groups in total. The van der Waals surface area contributed by atoms with E-state index >= 15 is 0 Å². The van der Waals surface area contributed by atoms with Gasteiger partial charge in [0, 0.05) is 26.7 Å². The van der Waals surface area contributed by atoms with E-state index in [2.05, 4.69) is 34.2 Å². The van der Waals surface area contributed by atoms with Crippen LogP contribution in [-0.4, -0.2) is 46.8 Å². The number of aliphatic imine (C=N–C) groups is 1. The van der Waals surface area contributed by atoms with E-state index in [4.69, 9.17) is 0 Å². The number of hydrogen-bond acceptors (Lipinski definition) is 3. The SMILES string of the molecule is CCS(=O)(=O)NCCCNC(=NC)NCCCC(C)C. The summed E-state index contributed by atoms with van der Waals surface area (Å²) < 4.78 is 25.0. The number of hydrogen-bond donors (Lipinski definition) is 3. The van der Waals surface area contributed by atoms with Crippen molar-refractivity contribution >= 4 is 16.0 Å². The Bertz CT molecular complexity index is 367. The van der Waals surface area contributed by atoms with Gasteiger partial charge in [-0.05, 0) is 32.1 Å². The van der Waals surface area contributed by atoms with E-state index in [-0.39, 0.29) is 5.75 Å². The molecule has 0 aliphatic rings. The summed E-state index contributed by atoms with van der Waals surface area (Å²) >= 11 is 0. The Balaban J connectivity index is 3.66. The molecule has 0 unspecified atom stereocenters. The Kier molecular flexibility index (Phi) is 10.5. The minimum Gasteiger partial charge on any atom is -0.356 e. The lowest BCUT2D eigenvalue weighted by molar-refractivity contribution is 0.549. The summed E-state index contributed by atoms with van der Waals surface area (Å²) in [4.78, 5) is 4.12. The van der Waals surface area contributed by atoms with Crippen LogP contribution < -0.4 is 15.4 Å². The Labute approximate surface area is 123 Å². The third-order valence-electron chi connectivity index (χ3n) is 2.82. The molecule has 120 valence electrons. The first kappa shape index (κ1) is 19.2. The standard InChI is InChI=1S/C13H30N4O2S/c1-5-20(18,19)17-11-7-10-16-13(14-4)15-9-6-8-12(2)3/h12,17H,5-11H2,1-4H3,(H2,14,15,16). The maximum absolute atomic E-state index is 11.2. The summed E-state index contributed by atoms with van der Waals surface area (Å²) in [7, 11) is -1.34. The van der Waals surface area contributed by atoms with Gasteiger partial charge < -0.3 is 10.6 Å². The van der Waals surface area contributed by atoms with Gasteiger partial charge >= 0.3 is 0 Å². The molecule has 0 aromatic heterocycles. The Morgan fingerprint density at radius 2 is 1.70 bits per heavy atom. The van der Waals surface area contributed by atoms with E-state index in [1.807, 2.05) is 0 Å². The topological polar surface area (TPSA) is 82.6 Å². The Hall–Kier alpha value is -0.820. The lowest BCUT2D eigenvalue weighted by atomic mass is 10.1. The normalized spacial score (nSPS) is 12.8. The highest BCUT2D eigenvalue weighted by Crippen LogP contribution is 2.01. The second kappa shape index (κ2) is 10.9. The molecule has 0 saturated heterocycles. The van der Waals surface area contributed by atoms with Crippen molar-refractivity contribution in [2.45, 2.75) is 40.0 Å². The molecule has 6 nitrogen and oxygen atoms in total. The van der Waals surface area contributed by atoms with Gasteiger partial charge in [-0.1, -0.05) is 13.8 Å².